The Morgan fingerprint density at radius 1 is 0.744 bits per heavy atom. The number of benzene rings is 2. The van der Waals surface area contributed by atoms with Gasteiger partial charge in [-0.3, -0.25) is 24.6 Å². The topological polar surface area (TPSA) is 145 Å². The second-order valence-corrected chi connectivity index (χ2v) is 10.3. The molecule has 0 spiro atoms. The largest absolute Gasteiger partial charge is 0.465 e. The van der Waals surface area contributed by atoms with Gasteiger partial charge in [-0.15, -0.1) is 0 Å². The fourth-order valence-corrected chi connectivity index (χ4v) is 3.95. The maximum Gasteiger partial charge on any atom is 0.405 e. The Hall–Kier alpha value is -4.21. The maximum atomic E-state index is 13.5. The summed E-state index contributed by atoms with van der Waals surface area (Å²) >= 11 is 0. The average Bonchev–Trinajstić information content (AvgIpc) is 2.87. The molecule has 2 aromatic rings. The van der Waals surface area contributed by atoms with Crippen molar-refractivity contribution in [1.82, 2.24) is 21.1 Å². The van der Waals surface area contributed by atoms with Crippen LogP contribution in [0.15, 0.2) is 60.7 Å². The summed E-state index contributed by atoms with van der Waals surface area (Å²) in [6.07, 6.45) is -1.16. The Kier molecular flexibility index (Phi) is 12.1. The zero-order chi connectivity index (χ0) is 28.9. The highest BCUT2D eigenvalue weighted by atomic mass is 16.4. The summed E-state index contributed by atoms with van der Waals surface area (Å²) in [6, 6.07) is 15.6. The van der Waals surface area contributed by atoms with Gasteiger partial charge in [0, 0.05) is 19.4 Å². The highest BCUT2D eigenvalue weighted by molar-refractivity contribution is 6.36. The number of carbonyl (C=O) groups is 5. The summed E-state index contributed by atoms with van der Waals surface area (Å²) in [6.45, 7) is 7.45. The van der Waals surface area contributed by atoms with E-state index in [-0.39, 0.29) is 37.6 Å². The number of amides is 4. The Morgan fingerprint density at radius 3 is 1.82 bits per heavy atom. The molecular weight excluding hydrogens is 500 g/mol. The first-order valence-corrected chi connectivity index (χ1v) is 13.0. The van der Waals surface area contributed by atoms with Gasteiger partial charge in [-0.1, -0.05) is 88.4 Å². The summed E-state index contributed by atoms with van der Waals surface area (Å²) in [5, 5.41) is 15.0. The molecule has 0 radical (unpaired) electrons. The van der Waals surface area contributed by atoms with Crippen LogP contribution in [0.25, 0.3) is 0 Å². The van der Waals surface area contributed by atoms with Crippen LogP contribution in [0.1, 0.15) is 45.2 Å². The minimum absolute atomic E-state index is 0.00350. The van der Waals surface area contributed by atoms with E-state index in [1.165, 1.54) is 0 Å². The number of hydrogen-bond donors (Lipinski definition) is 4. The van der Waals surface area contributed by atoms with E-state index in [0.717, 1.165) is 10.6 Å². The number of hydrazine groups is 1. The lowest BCUT2D eigenvalue weighted by Gasteiger charge is -2.28. The van der Waals surface area contributed by atoms with Crippen LogP contribution >= 0.6 is 0 Å². The number of nitrogens with zero attached hydrogens (tertiary/aromatic N) is 1. The van der Waals surface area contributed by atoms with E-state index in [0.29, 0.717) is 5.56 Å². The second kappa shape index (κ2) is 15.3. The molecule has 0 aliphatic rings. The summed E-state index contributed by atoms with van der Waals surface area (Å²) < 4.78 is 0. The van der Waals surface area contributed by atoms with Crippen LogP contribution in [0, 0.1) is 11.8 Å². The molecule has 0 saturated carbocycles. The van der Waals surface area contributed by atoms with E-state index in [1.807, 2.05) is 33.8 Å². The van der Waals surface area contributed by atoms with Crippen molar-refractivity contribution >= 4 is 29.6 Å². The molecule has 4 amide bonds. The normalized spacial score (nSPS) is 12.4. The molecule has 0 heterocycles. The minimum atomic E-state index is -1.36. The smallest absolute Gasteiger partial charge is 0.405 e. The first kappa shape index (κ1) is 31.0. The Morgan fingerprint density at radius 2 is 1.31 bits per heavy atom. The van der Waals surface area contributed by atoms with E-state index < -0.39 is 41.7 Å². The van der Waals surface area contributed by atoms with Crippen LogP contribution in [0.3, 0.4) is 0 Å². The Bertz CT molecular complexity index is 1120. The minimum Gasteiger partial charge on any atom is -0.465 e. The van der Waals surface area contributed by atoms with E-state index in [9.17, 15) is 29.1 Å². The Labute approximate surface area is 229 Å². The van der Waals surface area contributed by atoms with Gasteiger partial charge in [-0.2, -0.15) is 0 Å². The molecule has 210 valence electrons. The van der Waals surface area contributed by atoms with Crippen molar-refractivity contribution in [1.29, 1.82) is 0 Å². The highest BCUT2D eigenvalue weighted by Gasteiger charge is 2.31. The lowest BCUT2D eigenvalue weighted by Crippen LogP contribution is -2.59. The van der Waals surface area contributed by atoms with E-state index in [2.05, 4.69) is 16.1 Å². The van der Waals surface area contributed by atoms with Gasteiger partial charge in [0.2, 0.25) is 11.7 Å². The quantitative estimate of drug-likeness (QED) is 0.228. The van der Waals surface area contributed by atoms with Gasteiger partial charge in [0.1, 0.15) is 12.1 Å². The molecular formula is C29H38N4O6. The average molecular weight is 539 g/mol. The fourth-order valence-electron chi connectivity index (χ4n) is 3.95. The molecule has 0 aliphatic heterocycles. The molecule has 2 rings (SSSR count). The zero-order valence-electron chi connectivity index (χ0n) is 22.8. The lowest BCUT2D eigenvalue weighted by molar-refractivity contribution is -0.150. The highest BCUT2D eigenvalue weighted by Crippen LogP contribution is 2.09. The van der Waals surface area contributed by atoms with Gasteiger partial charge in [-0.05, 0) is 29.4 Å². The van der Waals surface area contributed by atoms with Gasteiger partial charge in [0.25, 0.3) is 5.91 Å². The van der Waals surface area contributed by atoms with Crippen LogP contribution < -0.4 is 16.1 Å². The molecule has 10 heteroatoms. The lowest BCUT2D eigenvalue weighted by atomic mass is 10.0. The van der Waals surface area contributed by atoms with Crippen molar-refractivity contribution in [3.8, 4) is 0 Å². The molecule has 0 aromatic heterocycles. The van der Waals surface area contributed by atoms with Crippen molar-refractivity contribution < 1.29 is 29.1 Å². The number of hydrogen-bond acceptors (Lipinski definition) is 5. The fraction of sp³-hybridized carbons (Fsp3) is 0.414. The monoisotopic (exact) mass is 538 g/mol. The Balaban J connectivity index is 2.26. The van der Waals surface area contributed by atoms with Gasteiger partial charge < -0.3 is 15.7 Å². The SMILES string of the molecule is CC(C)C[C@H](NC(=O)O)C(=O)N[C@@H](Cc1ccccc1)C(=O)NN(CC(C)C)C(=O)C(=O)Cc1ccccc1. The molecule has 2 aromatic carbocycles. The van der Waals surface area contributed by atoms with Gasteiger partial charge in [0.05, 0.1) is 0 Å². The molecule has 0 aliphatic carbocycles. The zero-order valence-corrected chi connectivity index (χ0v) is 22.8. The third-order valence-electron chi connectivity index (χ3n) is 5.72. The molecule has 39 heavy (non-hydrogen) atoms. The van der Waals surface area contributed by atoms with Gasteiger partial charge in [-0.25, -0.2) is 9.80 Å². The molecule has 2 atom stereocenters. The van der Waals surface area contributed by atoms with E-state index in [1.54, 1.807) is 54.6 Å². The van der Waals surface area contributed by atoms with E-state index >= 15 is 0 Å². The predicted molar refractivity (Wildman–Crippen MR) is 146 cm³/mol. The van der Waals surface area contributed by atoms with Crippen LogP contribution in [0.5, 0.6) is 0 Å². The van der Waals surface area contributed by atoms with Crippen molar-refractivity contribution in [2.75, 3.05) is 6.54 Å². The van der Waals surface area contributed by atoms with Crippen molar-refractivity contribution in [3.05, 3.63) is 71.8 Å². The van der Waals surface area contributed by atoms with Crippen molar-refractivity contribution in [2.45, 2.75) is 59.0 Å². The van der Waals surface area contributed by atoms with Crippen LogP contribution in [-0.2, 0) is 32.0 Å². The van der Waals surface area contributed by atoms with Crippen LogP contribution in [0.2, 0.25) is 0 Å². The summed E-state index contributed by atoms with van der Waals surface area (Å²) in [4.78, 5) is 63.7. The maximum absolute atomic E-state index is 13.5. The number of carbonyl (C=O) groups excluding carboxylic acids is 4. The molecule has 4 N–H and O–H groups in total. The summed E-state index contributed by atoms with van der Waals surface area (Å²) in [7, 11) is 0. The third kappa shape index (κ3) is 11.0. The number of nitrogens with one attached hydrogen (secondary N) is 3. The standard InChI is InChI=1S/C29H38N4O6/c1-19(2)15-23(31-29(38)39)26(35)30-24(16-21-11-7-5-8-12-21)27(36)32-33(18-20(3)4)28(37)25(34)17-22-13-9-6-10-14-22/h5-14,19-20,23-24,31H,15-18H2,1-4H3,(H,30,35)(H,32,36)(H,38,39)/t23-,24-/m0/s1. The second-order valence-electron chi connectivity index (χ2n) is 10.3. The van der Waals surface area contributed by atoms with Gasteiger partial charge in [0.15, 0.2) is 0 Å². The van der Waals surface area contributed by atoms with Crippen LogP contribution in [-0.4, -0.2) is 58.3 Å². The third-order valence-corrected chi connectivity index (χ3v) is 5.72. The first-order chi connectivity index (χ1) is 18.5. The number of ketones is 1. The first-order valence-electron chi connectivity index (χ1n) is 13.0. The molecule has 0 bridgehead atoms. The number of carboxylic acid groups (broad SMARTS) is 1. The predicted octanol–water partition coefficient (Wildman–Crippen LogP) is 2.72. The molecule has 0 unspecified atom stereocenters. The van der Waals surface area contributed by atoms with Crippen molar-refractivity contribution in [3.63, 3.8) is 0 Å². The molecule has 0 saturated heterocycles. The number of rotatable bonds is 13. The number of Topliss-reactive ketones (excluding diaryl/α,β-unsaturated/α-hetero) is 1. The molecule has 0 fully saturated rings. The van der Waals surface area contributed by atoms with Crippen molar-refractivity contribution in [2.24, 2.45) is 11.8 Å². The molecule has 10 nitrogen and oxygen atoms in total. The summed E-state index contributed by atoms with van der Waals surface area (Å²) in [5.74, 6) is -2.99. The summed E-state index contributed by atoms with van der Waals surface area (Å²) in [5.41, 5.74) is 3.95. The van der Waals surface area contributed by atoms with E-state index in [4.69, 9.17) is 0 Å². The van der Waals surface area contributed by atoms with Crippen LogP contribution in [0.4, 0.5) is 4.79 Å². The van der Waals surface area contributed by atoms with Gasteiger partial charge >= 0.3 is 12.0 Å².